The molecule has 1 aliphatic rings. The van der Waals surface area contributed by atoms with Crippen LogP contribution in [0.1, 0.15) is 18.4 Å². The Morgan fingerprint density at radius 2 is 2.00 bits per heavy atom. The lowest BCUT2D eigenvalue weighted by molar-refractivity contribution is -0.919. The van der Waals surface area contributed by atoms with Crippen LogP contribution >= 0.6 is 0 Å². The molecule has 0 radical (unpaired) electrons. The van der Waals surface area contributed by atoms with E-state index >= 15 is 0 Å². The van der Waals surface area contributed by atoms with Crippen molar-refractivity contribution in [2.24, 2.45) is 5.92 Å². The molecule has 1 aromatic rings. The highest BCUT2D eigenvalue weighted by Gasteiger charge is 2.24. The number of piperidine rings is 1. The number of carboxylic acid groups (broad SMARTS) is 1. The van der Waals surface area contributed by atoms with E-state index in [2.05, 4.69) is 0 Å². The number of carboxylic acids is 1. The minimum absolute atomic E-state index is 0.286. The van der Waals surface area contributed by atoms with Crippen molar-refractivity contribution in [3.63, 3.8) is 0 Å². The minimum Gasteiger partial charge on any atom is -0.550 e. The summed E-state index contributed by atoms with van der Waals surface area (Å²) in [4.78, 5) is 12.2. The van der Waals surface area contributed by atoms with Crippen molar-refractivity contribution < 1.29 is 24.3 Å². The van der Waals surface area contributed by atoms with Crippen LogP contribution in [0.4, 0.5) is 0 Å². The van der Waals surface area contributed by atoms with Gasteiger partial charge in [-0.05, 0) is 12.1 Å². The van der Waals surface area contributed by atoms with Crippen LogP contribution in [-0.2, 0) is 11.3 Å². The first-order valence-electron chi connectivity index (χ1n) is 6.90. The summed E-state index contributed by atoms with van der Waals surface area (Å²) < 4.78 is 10.7. The first-order valence-corrected chi connectivity index (χ1v) is 6.90. The first kappa shape index (κ1) is 14.7. The molecule has 0 amide bonds. The van der Waals surface area contributed by atoms with Gasteiger partial charge in [-0.1, -0.05) is 6.07 Å². The van der Waals surface area contributed by atoms with Crippen LogP contribution in [0.15, 0.2) is 18.2 Å². The van der Waals surface area contributed by atoms with E-state index in [4.69, 9.17) is 9.47 Å². The molecule has 1 heterocycles. The van der Waals surface area contributed by atoms with Crippen molar-refractivity contribution in [3.8, 4) is 11.5 Å². The van der Waals surface area contributed by atoms with E-state index in [1.54, 1.807) is 14.2 Å². The molecule has 110 valence electrons. The molecule has 0 spiro atoms. The van der Waals surface area contributed by atoms with Crippen molar-refractivity contribution in [1.82, 2.24) is 0 Å². The predicted molar refractivity (Wildman–Crippen MR) is 71.7 cm³/mol. The topological polar surface area (TPSA) is 63.0 Å². The summed E-state index contributed by atoms with van der Waals surface area (Å²) in [6.45, 7) is 2.51. The normalized spacial score (nSPS) is 22.3. The maximum Gasteiger partial charge on any atom is 0.169 e. The third kappa shape index (κ3) is 3.22. The van der Waals surface area contributed by atoms with Gasteiger partial charge in [0.1, 0.15) is 6.54 Å². The van der Waals surface area contributed by atoms with Crippen molar-refractivity contribution in [3.05, 3.63) is 23.8 Å². The standard InChI is InChI=1S/C15H21NO4/c1-19-13-5-3-4-12(14(13)20-2)10-16-8-6-11(7-9-16)15(17)18/h3-5,11H,6-10H2,1-2H3,(H,17,18). The number of aliphatic carboxylic acids is 1. The molecule has 1 N–H and O–H groups in total. The van der Waals surface area contributed by atoms with Crippen LogP contribution in [0.25, 0.3) is 0 Å². The Hall–Kier alpha value is -1.75. The zero-order chi connectivity index (χ0) is 14.5. The second-order valence-corrected chi connectivity index (χ2v) is 5.17. The van der Waals surface area contributed by atoms with Gasteiger partial charge in [0.25, 0.3) is 0 Å². The summed E-state index contributed by atoms with van der Waals surface area (Å²) in [5, 5.41) is 10.8. The van der Waals surface area contributed by atoms with Crippen molar-refractivity contribution in [2.45, 2.75) is 19.4 Å². The minimum atomic E-state index is -0.914. The van der Waals surface area contributed by atoms with Gasteiger partial charge in [-0.25, -0.2) is 0 Å². The number of benzene rings is 1. The number of methoxy groups -OCH3 is 2. The Bertz CT molecular complexity index is 467. The smallest absolute Gasteiger partial charge is 0.169 e. The van der Waals surface area contributed by atoms with Crippen molar-refractivity contribution in [1.29, 1.82) is 0 Å². The van der Waals surface area contributed by atoms with Crippen LogP contribution in [0, 0.1) is 5.92 Å². The fourth-order valence-corrected chi connectivity index (χ4v) is 2.80. The fourth-order valence-electron chi connectivity index (χ4n) is 2.80. The number of likely N-dealkylation sites (tertiary alicyclic amines) is 1. The van der Waals surface area contributed by atoms with E-state index < -0.39 is 5.97 Å². The van der Waals surface area contributed by atoms with E-state index in [1.165, 1.54) is 4.90 Å². The monoisotopic (exact) mass is 279 g/mol. The number of hydrogen-bond acceptors (Lipinski definition) is 4. The number of nitrogens with one attached hydrogen (secondary N) is 1. The van der Waals surface area contributed by atoms with Gasteiger partial charge >= 0.3 is 0 Å². The SMILES string of the molecule is COc1cccc(C[NH+]2CCC(C(=O)[O-])CC2)c1OC. The van der Waals surface area contributed by atoms with Crippen LogP contribution in [-0.4, -0.2) is 33.3 Å². The molecule has 20 heavy (non-hydrogen) atoms. The van der Waals surface area contributed by atoms with Crippen molar-refractivity contribution >= 4 is 5.97 Å². The van der Waals surface area contributed by atoms with Gasteiger partial charge in [0.05, 0.1) is 32.9 Å². The van der Waals surface area contributed by atoms with Gasteiger partial charge in [0.15, 0.2) is 11.5 Å². The summed E-state index contributed by atoms with van der Waals surface area (Å²) in [7, 11) is 3.26. The molecule has 0 atom stereocenters. The Morgan fingerprint density at radius 1 is 1.30 bits per heavy atom. The number of ether oxygens (including phenoxy) is 2. The number of rotatable bonds is 5. The lowest BCUT2D eigenvalue weighted by Crippen LogP contribution is -3.11. The molecule has 1 saturated heterocycles. The summed E-state index contributed by atoms with van der Waals surface area (Å²) in [6, 6.07) is 5.85. The van der Waals surface area contributed by atoms with Crippen LogP contribution in [0.2, 0.25) is 0 Å². The van der Waals surface area contributed by atoms with Gasteiger partial charge in [0, 0.05) is 24.7 Å². The molecule has 0 aliphatic carbocycles. The van der Waals surface area contributed by atoms with Crippen LogP contribution in [0.5, 0.6) is 11.5 Å². The molecule has 1 aromatic carbocycles. The average molecular weight is 279 g/mol. The van der Waals surface area contributed by atoms with E-state index in [0.29, 0.717) is 12.8 Å². The number of carbonyl (C=O) groups excluding carboxylic acids is 1. The molecule has 1 aliphatic heterocycles. The van der Waals surface area contributed by atoms with Gasteiger partial charge in [-0.3, -0.25) is 0 Å². The Balaban J connectivity index is 2.03. The average Bonchev–Trinajstić information content (AvgIpc) is 2.47. The number of para-hydroxylation sites is 1. The fraction of sp³-hybridized carbons (Fsp3) is 0.533. The molecular formula is C15H21NO4. The Labute approximate surface area is 119 Å². The zero-order valence-electron chi connectivity index (χ0n) is 12.0. The molecule has 0 bridgehead atoms. The highest BCUT2D eigenvalue weighted by molar-refractivity contribution is 5.67. The Kier molecular flexibility index (Phi) is 4.84. The van der Waals surface area contributed by atoms with Gasteiger partial charge in [-0.15, -0.1) is 0 Å². The summed E-state index contributed by atoms with van der Waals surface area (Å²) in [5.41, 5.74) is 1.09. The highest BCUT2D eigenvalue weighted by atomic mass is 16.5. The molecular weight excluding hydrogens is 258 g/mol. The molecule has 0 saturated carbocycles. The Morgan fingerprint density at radius 3 is 2.55 bits per heavy atom. The van der Waals surface area contributed by atoms with Gasteiger partial charge in [0.2, 0.25) is 0 Å². The number of carbonyl (C=O) groups is 1. The van der Waals surface area contributed by atoms with Crippen molar-refractivity contribution in [2.75, 3.05) is 27.3 Å². The summed E-state index contributed by atoms with van der Waals surface area (Å²) in [6.07, 6.45) is 1.37. The van der Waals surface area contributed by atoms with E-state index in [0.717, 1.165) is 36.7 Å². The number of quaternary nitrogens is 1. The van der Waals surface area contributed by atoms with Gasteiger partial charge < -0.3 is 24.3 Å². The van der Waals surface area contributed by atoms with Crippen LogP contribution < -0.4 is 19.5 Å². The van der Waals surface area contributed by atoms with Crippen LogP contribution in [0.3, 0.4) is 0 Å². The first-order chi connectivity index (χ1) is 9.65. The molecule has 1 fully saturated rings. The third-order valence-corrected chi connectivity index (χ3v) is 3.95. The third-order valence-electron chi connectivity index (χ3n) is 3.95. The second kappa shape index (κ2) is 6.61. The van der Waals surface area contributed by atoms with E-state index in [9.17, 15) is 9.90 Å². The van der Waals surface area contributed by atoms with Gasteiger partial charge in [-0.2, -0.15) is 0 Å². The largest absolute Gasteiger partial charge is 0.550 e. The lowest BCUT2D eigenvalue weighted by Gasteiger charge is -2.30. The quantitative estimate of drug-likeness (QED) is 0.770. The predicted octanol–water partition coefficient (Wildman–Crippen LogP) is -0.751. The molecule has 0 aromatic heterocycles. The summed E-state index contributed by atoms with van der Waals surface area (Å²) >= 11 is 0. The second-order valence-electron chi connectivity index (χ2n) is 5.17. The van der Waals surface area contributed by atoms with E-state index in [-0.39, 0.29) is 5.92 Å². The molecule has 5 nitrogen and oxygen atoms in total. The maximum absolute atomic E-state index is 10.8. The highest BCUT2D eigenvalue weighted by Crippen LogP contribution is 2.30. The molecule has 0 unspecified atom stereocenters. The van der Waals surface area contributed by atoms with E-state index in [1.807, 2.05) is 18.2 Å². The molecule has 2 rings (SSSR count). The molecule has 5 heteroatoms. The number of hydrogen-bond donors (Lipinski definition) is 1. The summed E-state index contributed by atoms with van der Waals surface area (Å²) in [5.74, 6) is 0.299. The maximum atomic E-state index is 10.8. The lowest BCUT2D eigenvalue weighted by atomic mass is 9.97. The zero-order valence-corrected chi connectivity index (χ0v) is 12.0.